The van der Waals surface area contributed by atoms with Gasteiger partial charge in [0, 0.05) is 6.08 Å². The van der Waals surface area contributed by atoms with Crippen molar-refractivity contribution >= 4 is 0 Å². The van der Waals surface area contributed by atoms with Crippen LogP contribution in [0.1, 0.15) is 0 Å². The third kappa shape index (κ3) is 3.82. The van der Waals surface area contributed by atoms with E-state index in [-0.39, 0.29) is 6.61 Å². The minimum atomic E-state index is -1.44. The monoisotopic (exact) mass is 232 g/mol. The molecule has 1 aliphatic rings. The number of aliphatic hydroxyl groups is 4. The van der Waals surface area contributed by atoms with Gasteiger partial charge in [0.25, 0.3) is 0 Å². The molecule has 16 heavy (non-hydrogen) atoms. The Labute approximate surface area is 93.0 Å². The first kappa shape index (κ1) is 13.0. The molecule has 0 radical (unpaired) electrons. The molecular formula is C10H16O6. The maximum Gasteiger partial charge on any atom is 0.121 e. The molecule has 0 amide bonds. The smallest absolute Gasteiger partial charge is 0.121 e. The summed E-state index contributed by atoms with van der Waals surface area (Å²) < 4.78 is 10.0. The average Bonchev–Trinajstić information content (AvgIpc) is 2.35. The summed E-state index contributed by atoms with van der Waals surface area (Å²) in [6.07, 6.45) is 0.624. The normalized spacial score (nSPS) is 20.6. The fraction of sp³-hybridized carbons (Fsp3) is 0.600. The highest BCUT2D eigenvalue weighted by atomic mass is 16.5. The highest BCUT2D eigenvalue weighted by Crippen LogP contribution is 2.08. The van der Waals surface area contributed by atoms with Crippen molar-refractivity contribution in [3.63, 3.8) is 0 Å². The van der Waals surface area contributed by atoms with Crippen LogP contribution in [-0.4, -0.2) is 58.6 Å². The van der Waals surface area contributed by atoms with Crippen molar-refractivity contribution in [2.24, 2.45) is 0 Å². The molecule has 1 aliphatic heterocycles. The highest BCUT2D eigenvalue weighted by molar-refractivity contribution is 5.13. The zero-order chi connectivity index (χ0) is 12.0. The molecule has 0 aromatic heterocycles. The summed E-state index contributed by atoms with van der Waals surface area (Å²) in [7, 11) is 0. The van der Waals surface area contributed by atoms with E-state index in [1.807, 2.05) is 0 Å². The Morgan fingerprint density at radius 1 is 1.31 bits per heavy atom. The van der Waals surface area contributed by atoms with E-state index >= 15 is 0 Å². The van der Waals surface area contributed by atoms with E-state index in [2.05, 4.69) is 0 Å². The van der Waals surface area contributed by atoms with Crippen molar-refractivity contribution in [1.82, 2.24) is 0 Å². The van der Waals surface area contributed by atoms with E-state index in [9.17, 15) is 10.2 Å². The summed E-state index contributed by atoms with van der Waals surface area (Å²) in [5.74, 6) is 0.524. The largest absolute Gasteiger partial charge is 0.497 e. The Balaban J connectivity index is 2.31. The Morgan fingerprint density at radius 2 is 2.06 bits per heavy atom. The molecule has 92 valence electrons. The second-order valence-electron chi connectivity index (χ2n) is 3.36. The van der Waals surface area contributed by atoms with E-state index in [0.717, 1.165) is 0 Å². The van der Waals surface area contributed by atoms with Gasteiger partial charge in [0.1, 0.15) is 37.3 Å². The molecule has 0 aliphatic carbocycles. The summed E-state index contributed by atoms with van der Waals surface area (Å²) >= 11 is 0. The number of hydrogen-bond acceptors (Lipinski definition) is 6. The Morgan fingerprint density at radius 3 is 2.62 bits per heavy atom. The number of hydrogen-bond donors (Lipinski definition) is 4. The summed E-state index contributed by atoms with van der Waals surface area (Å²) in [4.78, 5) is 0. The Bertz CT molecular complexity index is 262. The van der Waals surface area contributed by atoms with Crippen LogP contribution in [0.3, 0.4) is 0 Å². The molecule has 3 atom stereocenters. The number of rotatable bonds is 6. The standard InChI is InChI=1S/C10H16O6/c11-5-8(12)10(14)9(13)6-16-7-1-3-15-4-2-7/h1-3,8-14H,4-6H2/t8-,9+,10+/m1/s1. The molecule has 0 aromatic carbocycles. The van der Waals surface area contributed by atoms with Crippen LogP contribution in [0.25, 0.3) is 0 Å². The molecular weight excluding hydrogens is 216 g/mol. The third-order valence-corrected chi connectivity index (χ3v) is 2.11. The maximum absolute atomic E-state index is 9.42. The van der Waals surface area contributed by atoms with Crippen molar-refractivity contribution in [3.8, 4) is 0 Å². The maximum atomic E-state index is 9.42. The first-order valence-electron chi connectivity index (χ1n) is 4.91. The second kappa shape index (κ2) is 6.49. The van der Waals surface area contributed by atoms with Gasteiger partial charge in [0.15, 0.2) is 0 Å². The molecule has 0 bridgehead atoms. The number of allylic oxidation sites excluding steroid dienone is 1. The van der Waals surface area contributed by atoms with E-state index in [4.69, 9.17) is 19.7 Å². The van der Waals surface area contributed by atoms with Crippen LogP contribution in [0.4, 0.5) is 0 Å². The first-order valence-corrected chi connectivity index (χ1v) is 4.91. The SMILES string of the molecule is OC[C@@H](O)[C@H](O)[C@@H](O)COC1=CCOC=C1. The van der Waals surface area contributed by atoms with Gasteiger partial charge in [-0.1, -0.05) is 0 Å². The molecule has 1 heterocycles. The minimum absolute atomic E-state index is 0.172. The van der Waals surface area contributed by atoms with Crippen molar-refractivity contribution in [2.75, 3.05) is 19.8 Å². The average molecular weight is 232 g/mol. The molecule has 0 saturated carbocycles. The van der Waals surface area contributed by atoms with Gasteiger partial charge in [-0.15, -0.1) is 0 Å². The molecule has 0 unspecified atom stereocenters. The summed E-state index contributed by atoms with van der Waals surface area (Å²) in [5.41, 5.74) is 0. The van der Waals surface area contributed by atoms with Crippen LogP contribution in [0.15, 0.2) is 24.2 Å². The first-order chi connectivity index (χ1) is 7.65. The van der Waals surface area contributed by atoms with Crippen molar-refractivity contribution in [1.29, 1.82) is 0 Å². The van der Waals surface area contributed by atoms with Crippen LogP contribution < -0.4 is 0 Å². The molecule has 0 aromatic rings. The van der Waals surface area contributed by atoms with E-state index in [0.29, 0.717) is 12.4 Å². The lowest BCUT2D eigenvalue weighted by atomic mass is 10.1. The van der Waals surface area contributed by atoms with Crippen molar-refractivity contribution in [2.45, 2.75) is 18.3 Å². The van der Waals surface area contributed by atoms with Gasteiger partial charge in [-0.25, -0.2) is 0 Å². The number of aliphatic hydroxyl groups excluding tert-OH is 4. The molecule has 6 nitrogen and oxygen atoms in total. The van der Waals surface area contributed by atoms with Gasteiger partial charge in [0.2, 0.25) is 0 Å². The molecule has 4 N–H and O–H groups in total. The topological polar surface area (TPSA) is 99.4 Å². The van der Waals surface area contributed by atoms with E-state index < -0.39 is 24.9 Å². The van der Waals surface area contributed by atoms with Crippen LogP contribution in [0, 0.1) is 0 Å². The zero-order valence-corrected chi connectivity index (χ0v) is 8.69. The lowest BCUT2D eigenvalue weighted by Crippen LogP contribution is -2.41. The minimum Gasteiger partial charge on any atom is -0.497 e. The fourth-order valence-corrected chi connectivity index (χ4v) is 1.12. The van der Waals surface area contributed by atoms with Crippen molar-refractivity contribution in [3.05, 3.63) is 24.2 Å². The summed E-state index contributed by atoms with van der Waals surface area (Å²) in [5, 5.41) is 36.4. The molecule has 0 saturated heterocycles. The molecule has 0 spiro atoms. The van der Waals surface area contributed by atoms with Gasteiger partial charge >= 0.3 is 0 Å². The predicted molar refractivity (Wildman–Crippen MR) is 54.2 cm³/mol. The molecule has 0 fully saturated rings. The lowest BCUT2D eigenvalue weighted by Gasteiger charge is -2.22. The van der Waals surface area contributed by atoms with Gasteiger partial charge in [-0.3, -0.25) is 0 Å². The highest BCUT2D eigenvalue weighted by Gasteiger charge is 2.24. The molecule has 1 rings (SSSR count). The third-order valence-electron chi connectivity index (χ3n) is 2.11. The molecule has 6 heteroatoms. The van der Waals surface area contributed by atoms with Crippen LogP contribution >= 0.6 is 0 Å². The lowest BCUT2D eigenvalue weighted by molar-refractivity contribution is -0.0929. The van der Waals surface area contributed by atoms with Crippen LogP contribution in [0.5, 0.6) is 0 Å². The predicted octanol–water partition coefficient (Wildman–Crippen LogP) is -1.49. The Hall–Kier alpha value is -1.08. The van der Waals surface area contributed by atoms with E-state index in [1.54, 1.807) is 12.2 Å². The quantitative estimate of drug-likeness (QED) is 0.445. The van der Waals surface area contributed by atoms with E-state index in [1.165, 1.54) is 6.26 Å². The van der Waals surface area contributed by atoms with Crippen LogP contribution in [-0.2, 0) is 9.47 Å². The number of ether oxygens (including phenoxy) is 2. The van der Waals surface area contributed by atoms with Gasteiger partial charge < -0.3 is 29.9 Å². The Kier molecular flexibility index (Phi) is 5.27. The second-order valence-corrected chi connectivity index (χ2v) is 3.36. The van der Waals surface area contributed by atoms with Crippen LogP contribution in [0.2, 0.25) is 0 Å². The van der Waals surface area contributed by atoms with Gasteiger partial charge in [-0.2, -0.15) is 0 Å². The summed E-state index contributed by atoms with van der Waals surface area (Å²) in [6, 6.07) is 0. The van der Waals surface area contributed by atoms with Gasteiger partial charge in [-0.05, 0) is 6.08 Å². The zero-order valence-electron chi connectivity index (χ0n) is 8.69. The van der Waals surface area contributed by atoms with Crippen molar-refractivity contribution < 1.29 is 29.9 Å². The fourth-order valence-electron chi connectivity index (χ4n) is 1.12. The van der Waals surface area contributed by atoms with Gasteiger partial charge in [0.05, 0.1) is 12.9 Å². The summed E-state index contributed by atoms with van der Waals surface area (Å²) in [6.45, 7) is -0.396.